The van der Waals surface area contributed by atoms with Crippen molar-refractivity contribution in [3.05, 3.63) is 40.1 Å². The average molecular weight is 251 g/mol. The lowest BCUT2D eigenvalue weighted by Crippen LogP contribution is -2.18. The third-order valence-electron chi connectivity index (χ3n) is 2.45. The minimum absolute atomic E-state index is 0.306. The Morgan fingerprint density at radius 1 is 1.47 bits per heavy atom. The van der Waals surface area contributed by atoms with Crippen molar-refractivity contribution < 1.29 is 4.39 Å². The molecule has 0 fully saturated rings. The first-order valence-electron chi connectivity index (χ1n) is 5.23. The lowest BCUT2D eigenvalue weighted by molar-refractivity contribution is 0.622. The van der Waals surface area contributed by atoms with Crippen LogP contribution < -0.4 is 10.6 Å². The van der Waals surface area contributed by atoms with E-state index in [1.807, 2.05) is 24.3 Å². The van der Waals surface area contributed by atoms with E-state index in [1.165, 1.54) is 6.07 Å². The molecule has 0 spiro atoms. The minimum Gasteiger partial charge on any atom is -0.399 e. The molecule has 17 heavy (non-hydrogen) atoms. The molecule has 5 heteroatoms. The normalized spacial score (nSPS) is 10.5. The largest absolute Gasteiger partial charge is 0.399 e. The fourth-order valence-electron chi connectivity index (χ4n) is 1.64. The average Bonchev–Trinajstić information content (AvgIpc) is 2.63. The molecule has 0 amide bonds. The van der Waals surface area contributed by atoms with Gasteiger partial charge >= 0.3 is 0 Å². The molecule has 0 saturated heterocycles. The van der Waals surface area contributed by atoms with Crippen molar-refractivity contribution in [1.29, 1.82) is 0 Å². The van der Waals surface area contributed by atoms with Gasteiger partial charge in [0.1, 0.15) is 5.82 Å². The fourth-order valence-corrected chi connectivity index (χ4v) is 2.25. The molecule has 0 aliphatic rings. The summed E-state index contributed by atoms with van der Waals surface area (Å²) >= 11 is 1.60. The minimum atomic E-state index is -0.306. The number of nitrogens with zero attached hydrogens (tertiary/aromatic N) is 2. The summed E-state index contributed by atoms with van der Waals surface area (Å²) in [4.78, 5) is 6.18. The van der Waals surface area contributed by atoms with Crippen LogP contribution in [0.15, 0.2) is 23.6 Å². The van der Waals surface area contributed by atoms with Crippen molar-refractivity contribution in [3.63, 3.8) is 0 Å². The van der Waals surface area contributed by atoms with Crippen LogP contribution in [0.1, 0.15) is 10.7 Å². The second kappa shape index (κ2) is 4.71. The molecule has 0 bridgehead atoms. The van der Waals surface area contributed by atoms with Gasteiger partial charge < -0.3 is 10.6 Å². The third-order valence-corrected chi connectivity index (χ3v) is 3.27. The summed E-state index contributed by atoms with van der Waals surface area (Å²) in [5.74, 6) is -0.306. The molecule has 2 N–H and O–H groups in total. The number of halogens is 1. The van der Waals surface area contributed by atoms with Gasteiger partial charge in [0.25, 0.3) is 0 Å². The Kier molecular flexibility index (Phi) is 3.28. The predicted octanol–water partition coefficient (Wildman–Crippen LogP) is 2.81. The van der Waals surface area contributed by atoms with E-state index in [0.717, 1.165) is 10.7 Å². The Hall–Kier alpha value is -1.62. The van der Waals surface area contributed by atoms with E-state index in [-0.39, 0.29) is 5.82 Å². The van der Waals surface area contributed by atoms with Crippen molar-refractivity contribution in [2.45, 2.75) is 13.5 Å². The van der Waals surface area contributed by atoms with E-state index in [2.05, 4.69) is 4.98 Å². The zero-order valence-corrected chi connectivity index (χ0v) is 10.6. The Morgan fingerprint density at radius 3 is 2.82 bits per heavy atom. The fraction of sp³-hybridized carbons (Fsp3) is 0.250. The van der Waals surface area contributed by atoms with Crippen LogP contribution in [0.3, 0.4) is 0 Å². The number of thiazole rings is 1. The van der Waals surface area contributed by atoms with Gasteiger partial charge in [0.15, 0.2) is 0 Å². The van der Waals surface area contributed by atoms with Crippen LogP contribution in [0.2, 0.25) is 0 Å². The molecule has 2 rings (SSSR count). The molecular formula is C12H14FN3S. The molecule has 0 radical (unpaired) electrons. The van der Waals surface area contributed by atoms with Crippen molar-refractivity contribution in [2.75, 3.05) is 17.7 Å². The van der Waals surface area contributed by atoms with Gasteiger partial charge in [0.2, 0.25) is 0 Å². The molecular weight excluding hydrogens is 237 g/mol. The van der Waals surface area contributed by atoms with Gasteiger partial charge in [-0.3, -0.25) is 0 Å². The highest BCUT2D eigenvalue weighted by molar-refractivity contribution is 7.09. The van der Waals surface area contributed by atoms with E-state index in [4.69, 9.17) is 5.73 Å². The SMILES string of the molecule is Cc1nc(CN(C)c2ccc(N)cc2F)cs1. The van der Waals surface area contributed by atoms with Crippen LogP contribution in [0, 0.1) is 12.7 Å². The molecule has 0 aliphatic heterocycles. The van der Waals surface area contributed by atoms with Crippen LogP contribution >= 0.6 is 11.3 Å². The van der Waals surface area contributed by atoms with Gasteiger partial charge in [-0.2, -0.15) is 0 Å². The Bertz CT molecular complexity index is 524. The van der Waals surface area contributed by atoms with Crippen molar-refractivity contribution in [2.24, 2.45) is 0 Å². The standard InChI is InChI=1S/C12H14FN3S/c1-8-15-10(7-17-8)6-16(2)12-4-3-9(14)5-11(12)13/h3-5,7H,6,14H2,1-2H3. The number of aromatic nitrogens is 1. The number of aryl methyl sites for hydroxylation is 1. The Morgan fingerprint density at radius 2 is 2.24 bits per heavy atom. The molecule has 0 saturated carbocycles. The number of nitrogen functional groups attached to an aromatic ring is 1. The van der Waals surface area contributed by atoms with Gasteiger partial charge in [-0.1, -0.05) is 0 Å². The van der Waals surface area contributed by atoms with Crippen molar-refractivity contribution in [3.8, 4) is 0 Å². The lowest BCUT2D eigenvalue weighted by atomic mass is 10.2. The molecule has 1 aromatic carbocycles. The van der Waals surface area contributed by atoms with Crippen LogP contribution in [0.4, 0.5) is 15.8 Å². The highest BCUT2D eigenvalue weighted by atomic mass is 32.1. The Balaban J connectivity index is 2.17. The first-order valence-corrected chi connectivity index (χ1v) is 6.11. The van der Waals surface area contributed by atoms with Gasteiger partial charge in [-0.05, 0) is 25.1 Å². The second-order valence-corrected chi connectivity index (χ2v) is 4.99. The summed E-state index contributed by atoms with van der Waals surface area (Å²) in [5, 5.41) is 3.01. The molecule has 2 aromatic rings. The second-order valence-electron chi connectivity index (χ2n) is 3.92. The molecule has 3 nitrogen and oxygen atoms in total. The number of rotatable bonds is 3. The van der Waals surface area contributed by atoms with E-state index in [0.29, 0.717) is 17.9 Å². The van der Waals surface area contributed by atoms with Gasteiger partial charge in [0.05, 0.1) is 22.9 Å². The number of hydrogen-bond acceptors (Lipinski definition) is 4. The van der Waals surface area contributed by atoms with Crippen LogP contribution in [-0.2, 0) is 6.54 Å². The van der Waals surface area contributed by atoms with Crippen LogP contribution in [0.25, 0.3) is 0 Å². The summed E-state index contributed by atoms with van der Waals surface area (Å²) < 4.78 is 13.7. The topological polar surface area (TPSA) is 42.2 Å². The van der Waals surface area contributed by atoms with Crippen molar-refractivity contribution in [1.82, 2.24) is 4.98 Å². The van der Waals surface area contributed by atoms with Crippen molar-refractivity contribution >= 4 is 22.7 Å². The number of benzene rings is 1. The summed E-state index contributed by atoms with van der Waals surface area (Å²) in [6, 6.07) is 4.71. The monoisotopic (exact) mass is 251 g/mol. The highest BCUT2D eigenvalue weighted by Gasteiger charge is 2.09. The van der Waals surface area contributed by atoms with Crippen LogP contribution in [-0.4, -0.2) is 12.0 Å². The number of nitrogens with two attached hydrogens (primary N) is 1. The molecule has 1 heterocycles. The van der Waals surface area contributed by atoms with E-state index >= 15 is 0 Å². The van der Waals surface area contributed by atoms with E-state index < -0.39 is 0 Å². The molecule has 1 aromatic heterocycles. The maximum Gasteiger partial charge on any atom is 0.148 e. The number of anilines is 2. The maximum absolute atomic E-state index is 13.7. The summed E-state index contributed by atoms with van der Waals surface area (Å²) in [7, 11) is 1.84. The first kappa shape index (κ1) is 11.9. The first-order chi connectivity index (χ1) is 8.06. The molecule has 0 atom stereocenters. The van der Waals surface area contributed by atoms with Gasteiger partial charge in [0, 0.05) is 18.1 Å². The maximum atomic E-state index is 13.7. The summed E-state index contributed by atoms with van der Waals surface area (Å²) in [5.41, 5.74) is 7.43. The molecule has 0 unspecified atom stereocenters. The van der Waals surface area contributed by atoms with Crippen LogP contribution in [0.5, 0.6) is 0 Å². The lowest BCUT2D eigenvalue weighted by Gasteiger charge is -2.18. The third kappa shape index (κ3) is 2.74. The smallest absolute Gasteiger partial charge is 0.148 e. The molecule has 90 valence electrons. The molecule has 0 aliphatic carbocycles. The number of hydrogen-bond donors (Lipinski definition) is 1. The van der Waals surface area contributed by atoms with Gasteiger partial charge in [-0.15, -0.1) is 11.3 Å². The Labute approximate surface area is 104 Å². The zero-order chi connectivity index (χ0) is 12.4. The van der Waals surface area contributed by atoms with E-state index in [1.54, 1.807) is 23.5 Å². The van der Waals surface area contributed by atoms with Gasteiger partial charge in [-0.25, -0.2) is 9.37 Å². The summed E-state index contributed by atoms with van der Waals surface area (Å²) in [6.45, 7) is 2.54. The summed E-state index contributed by atoms with van der Waals surface area (Å²) in [6.07, 6.45) is 0. The van der Waals surface area contributed by atoms with E-state index in [9.17, 15) is 4.39 Å². The quantitative estimate of drug-likeness (QED) is 0.853. The predicted molar refractivity (Wildman–Crippen MR) is 69.8 cm³/mol. The highest BCUT2D eigenvalue weighted by Crippen LogP contribution is 2.22. The zero-order valence-electron chi connectivity index (χ0n) is 9.77.